The number of halogens is 1. The maximum Gasteiger partial charge on any atom is 0.265 e. The zero-order valence-electron chi connectivity index (χ0n) is 9.07. The number of hydrogen-bond acceptors (Lipinski definition) is 4. The van der Waals surface area contributed by atoms with E-state index in [1.165, 1.54) is 0 Å². The first-order chi connectivity index (χ1) is 7.68. The molecule has 0 radical (unpaired) electrons. The summed E-state index contributed by atoms with van der Waals surface area (Å²) in [5.41, 5.74) is 0.685. The average Bonchev–Trinajstić information content (AvgIpc) is 2.68. The third-order valence-corrected chi connectivity index (χ3v) is 4.20. The molecule has 6 heteroatoms. The lowest BCUT2D eigenvalue weighted by Crippen LogP contribution is -2.42. The van der Waals surface area contributed by atoms with Gasteiger partial charge in [-0.05, 0) is 31.3 Å². The topological polar surface area (TPSA) is 54.9 Å². The Labute approximate surface area is 104 Å². The van der Waals surface area contributed by atoms with Crippen molar-refractivity contribution < 1.29 is 4.79 Å². The molecule has 1 amide bonds. The lowest BCUT2D eigenvalue weighted by molar-refractivity contribution is 0.0932. The summed E-state index contributed by atoms with van der Waals surface area (Å²) in [6, 6.07) is 0.0874. The summed E-state index contributed by atoms with van der Waals surface area (Å²) in [5, 5.41) is 6.85. The Morgan fingerprint density at radius 3 is 2.88 bits per heavy atom. The molecule has 2 rings (SSSR count). The van der Waals surface area contributed by atoms with Gasteiger partial charge in [0.1, 0.15) is 4.88 Å². The highest BCUT2D eigenvalue weighted by molar-refractivity contribution is 7.08. The molecule has 0 spiro atoms. The van der Waals surface area contributed by atoms with Crippen LogP contribution in [-0.4, -0.2) is 26.9 Å². The first-order valence-corrected chi connectivity index (χ1v) is 6.63. The normalized spacial score (nSPS) is 25.4. The molecule has 1 aromatic rings. The molecule has 1 N–H and O–H groups in total. The predicted octanol–water partition coefficient (Wildman–Crippen LogP) is 2.13. The zero-order valence-corrected chi connectivity index (χ0v) is 10.6. The van der Waals surface area contributed by atoms with Gasteiger partial charge in [0, 0.05) is 6.04 Å². The van der Waals surface area contributed by atoms with Crippen LogP contribution in [0.2, 0.25) is 0 Å². The summed E-state index contributed by atoms with van der Waals surface area (Å²) in [6.07, 6.45) is 4.23. The number of rotatable bonds is 2. The van der Waals surface area contributed by atoms with Gasteiger partial charge in [0.05, 0.1) is 11.1 Å². The van der Waals surface area contributed by atoms with Gasteiger partial charge in [0.2, 0.25) is 0 Å². The number of nitrogens with one attached hydrogen (secondary N) is 1. The van der Waals surface area contributed by atoms with Crippen molar-refractivity contribution in [2.45, 2.75) is 44.0 Å². The van der Waals surface area contributed by atoms with E-state index >= 15 is 0 Å². The maximum absolute atomic E-state index is 11.9. The van der Waals surface area contributed by atoms with Gasteiger partial charge >= 0.3 is 0 Å². The largest absolute Gasteiger partial charge is 0.347 e. The van der Waals surface area contributed by atoms with Gasteiger partial charge in [0.15, 0.2) is 0 Å². The molecule has 4 nitrogen and oxygen atoms in total. The summed E-state index contributed by atoms with van der Waals surface area (Å²) in [6.45, 7) is 1.79. The smallest absolute Gasteiger partial charge is 0.265 e. The number of hydrogen-bond donors (Lipinski definition) is 1. The van der Waals surface area contributed by atoms with E-state index in [1.807, 2.05) is 0 Å². The molecule has 2 unspecified atom stereocenters. The number of carbonyl (C=O) groups is 1. The third-order valence-electron chi connectivity index (χ3n) is 2.86. The van der Waals surface area contributed by atoms with Crippen molar-refractivity contribution in [3.8, 4) is 0 Å². The molecule has 1 aliphatic rings. The first-order valence-electron chi connectivity index (χ1n) is 5.42. The second kappa shape index (κ2) is 5.10. The van der Waals surface area contributed by atoms with Crippen LogP contribution in [0.4, 0.5) is 0 Å². The number of aromatic nitrogens is 2. The van der Waals surface area contributed by atoms with Gasteiger partial charge in [-0.25, -0.2) is 0 Å². The van der Waals surface area contributed by atoms with Crippen molar-refractivity contribution >= 4 is 29.0 Å². The molecule has 88 valence electrons. The minimum absolute atomic E-state index is 0.0545. The Morgan fingerprint density at radius 1 is 1.50 bits per heavy atom. The Balaban J connectivity index is 1.99. The molecule has 1 aromatic heterocycles. The highest BCUT2D eigenvalue weighted by Crippen LogP contribution is 2.23. The van der Waals surface area contributed by atoms with Crippen LogP contribution in [0.1, 0.15) is 41.0 Å². The van der Waals surface area contributed by atoms with E-state index in [9.17, 15) is 4.79 Å². The van der Waals surface area contributed by atoms with Crippen LogP contribution in [0, 0.1) is 6.92 Å². The van der Waals surface area contributed by atoms with Crippen LogP contribution in [0.3, 0.4) is 0 Å². The molecule has 1 fully saturated rings. The number of nitrogens with zero attached hydrogens (tertiary/aromatic N) is 2. The third kappa shape index (κ3) is 2.52. The van der Waals surface area contributed by atoms with E-state index in [0.717, 1.165) is 37.2 Å². The quantitative estimate of drug-likeness (QED) is 0.828. The molecule has 0 aliphatic heterocycles. The Morgan fingerprint density at radius 2 is 2.25 bits per heavy atom. The Kier molecular flexibility index (Phi) is 3.76. The standard InChI is InChI=1S/C10H14ClN3OS/c1-6-9(16-14-13-6)10(15)12-8-5-3-2-4-7(8)11/h7-8H,2-5H2,1H3,(H,12,15). The average molecular weight is 260 g/mol. The number of alkyl halides is 1. The fourth-order valence-electron chi connectivity index (χ4n) is 1.92. The maximum atomic E-state index is 11.9. The van der Waals surface area contributed by atoms with E-state index in [0.29, 0.717) is 10.6 Å². The van der Waals surface area contributed by atoms with E-state index in [-0.39, 0.29) is 17.3 Å². The summed E-state index contributed by atoms with van der Waals surface area (Å²) < 4.78 is 3.75. The molecule has 2 atom stereocenters. The van der Waals surface area contributed by atoms with Crippen molar-refractivity contribution in [2.24, 2.45) is 0 Å². The first kappa shape index (κ1) is 11.8. The number of aryl methyl sites for hydroxylation is 1. The fourth-order valence-corrected chi connectivity index (χ4v) is 2.82. The number of amides is 1. The van der Waals surface area contributed by atoms with Gasteiger partial charge in [-0.2, -0.15) is 0 Å². The zero-order chi connectivity index (χ0) is 11.5. The molecule has 0 bridgehead atoms. The summed E-state index contributed by atoms with van der Waals surface area (Å²) in [4.78, 5) is 12.5. The summed E-state index contributed by atoms with van der Waals surface area (Å²) >= 11 is 7.32. The lowest BCUT2D eigenvalue weighted by atomic mass is 9.95. The van der Waals surface area contributed by atoms with E-state index in [2.05, 4.69) is 14.9 Å². The molecule has 1 aliphatic carbocycles. The molecule has 0 aromatic carbocycles. The minimum atomic E-state index is -0.0925. The van der Waals surface area contributed by atoms with Crippen LogP contribution in [-0.2, 0) is 0 Å². The van der Waals surface area contributed by atoms with Gasteiger partial charge < -0.3 is 5.32 Å². The highest BCUT2D eigenvalue weighted by Gasteiger charge is 2.26. The van der Waals surface area contributed by atoms with Crippen LogP contribution in [0.15, 0.2) is 0 Å². The van der Waals surface area contributed by atoms with Crippen LogP contribution < -0.4 is 5.32 Å². The van der Waals surface area contributed by atoms with Gasteiger partial charge in [-0.15, -0.1) is 16.7 Å². The predicted molar refractivity (Wildman–Crippen MR) is 64.0 cm³/mol. The molecule has 16 heavy (non-hydrogen) atoms. The molecular formula is C10H14ClN3OS. The molecular weight excluding hydrogens is 246 g/mol. The molecule has 1 heterocycles. The van der Waals surface area contributed by atoms with Crippen LogP contribution in [0.25, 0.3) is 0 Å². The molecule has 0 saturated heterocycles. The second-order valence-electron chi connectivity index (χ2n) is 4.07. The number of carbonyl (C=O) groups excluding carboxylic acids is 1. The van der Waals surface area contributed by atoms with Crippen molar-refractivity contribution in [1.29, 1.82) is 0 Å². The molecule has 1 saturated carbocycles. The van der Waals surface area contributed by atoms with Gasteiger partial charge in [-0.1, -0.05) is 17.3 Å². The second-order valence-corrected chi connectivity index (χ2v) is 5.38. The van der Waals surface area contributed by atoms with Crippen LogP contribution in [0.5, 0.6) is 0 Å². The van der Waals surface area contributed by atoms with E-state index in [4.69, 9.17) is 11.6 Å². The van der Waals surface area contributed by atoms with Crippen molar-refractivity contribution in [3.05, 3.63) is 10.6 Å². The van der Waals surface area contributed by atoms with Crippen molar-refractivity contribution in [2.75, 3.05) is 0 Å². The highest BCUT2D eigenvalue weighted by atomic mass is 35.5. The summed E-state index contributed by atoms with van der Waals surface area (Å²) in [5.74, 6) is -0.0925. The van der Waals surface area contributed by atoms with Crippen LogP contribution >= 0.6 is 23.1 Å². The lowest BCUT2D eigenvalue weighted by Gasteiger charge is -2.27. The summed E-state index contributed by atoms with van der Waals surface area (Å²) in [7, 11) is 0. The van der Waals surface area contributed by atoms with E-state index < -0.39 is 0 Å². The monoisotopic (exact) mass is 259 g/mol. The SMILES string of the molecule is Cc1nnsc1C(=O)NC1CCCCC1Cl. The van der Waals surface area contributed by atoms with Gasteiger partial charge in [0.25, 0.3) is 5.91 Å². The van der Waals surface area contributed by atoms with Gasteiger partial charge in [-0.3, -0.25) is 4.79 Å². The minimum Gasteiger partial charge on any atom is -0.347 e. The van der Waals surface area contributed by atoms with Crippen molar-refractivity contribution in [3.63, 3.8) is 0 Å². The van der Waals surface area contributed by atoms with E-state index in [1.54, 1.807) is 6.92 Å². The fraction of sp³-hybridized carbons (Fsp3) is 0.700. The van der Waals surface area contributed by atoms with Crippen molar-refractivity contribution in [1.82, 2.24) is 14.9 Å². The Bertz CT molecular complexity index is 382. The Hall–Kier alpha value is -0.680.